The van der Waals surface area contributed by atoms with Crippen molar-refractivity contribution in [3.63, 3.8) is 0 Å². The summed E-state index contributed by atoms with van der Waals surface area (Å²) in [7, 11) is 0. The summed E-state index contributed by atoms with van der Waals surface area (Å²) in [6.45, 7) is 5.17. The first-order valence-electron chi connectivity index (χ1n) is 13.1. The molecule has 0 spiro atoms. The van der Waals surface area contributed by atoms with Gasteiger partial charge in [0, 0.05) is 37.7 Å². The summed E-state index contributed by atoms with van der Waals surface area (Å²) in [5.41, 5.74) is 8.38. The lowest BCUT2D eigenvalue weighted by Gasteiger charge is -2.34. The van der Waals surface area contributed by atoms with Crippen LogP contribution in [0.25, 0.3) is 11.0 Å². The van der Waals surface area contributed by atoms with Crippen molar-refractivity contribution in [1.82, 2.24) is 35.1 Å². The van der Waals surface area contributed by atoms with E-state index >= 15 is 0 Å². The van der Waals surface area contributed by atoms with Gasteiger partial charge in [0.1, 0.15) is 11.6 Å². The second-order valence-electron chi connectivity index (χ2n) is 9.98. The molecule has 3 aromatic heterocycles. The van der Waals surface area contributed by atoms with Crippen LogP contribution in [0.15, 0.2) is 73.1 Å². The number of hydrogen-bond acceptors (Lipinski definition) is 5. The molecular weight excluding hydrogens is 470 g/mol. The second kappa shape index (κ2) is 11.7. The highest BCUT2D eigenvalue weighted by molar-refractivity contribution is 5.74. The molecule has 1 atom stereocenters. The molecule has 0 fully saturated rings. The normalized spacial score (nSPS) is 14.9. The van der Waals surface area contributed by atoms with Crippen LogP contribution in [0.5, 0.6) is 0 Å². The van der Waals surface area contributed by atoms with Crippen molar-refractivity contribution in [2.75, 3.05) is 0 Å². The van der Waals surface area contributed by atoms with Gasteiger partial charge in [0.25, 0.3) is 0 Å². The number of aromatic nitrogens is 5. The quantitative estimate of drug-likeness (QED) is 0.228. The number of para-hydroxylation sites is 2. The number of benzene rings is 2. The van der Waals surface area contributed by atoms with Crippen molar-refractivity contribution in [3.05, 3.63) is 113 Å². The maximum Gasteiger partial charge on any atom is 0.121 e. The van der Waals surface area contributed by atoms with Gasteiger partial charge < -0.3 is 15.3 Å². The smallest absolute Gasteiger partial charge is 0.121 e. The third-order valence-electron chi connectivity index (χ3n) is 7.21. The largest absolute Gasteiger partial charge is 0.345 e. The number of nitrogens with zero attached hydrogens (tertiary/aromatic N) is 4. The Morgan fingerprint density at radius 1 is 0.921 bits per heavy atom. The number of aryl methyl sites for hydroxylation is 2. The van der Waals surface area contributed by atoms with Crippen molar-refractivity contribution < 1.29 is 0 Å². The minimum absolute atomic E-state index is 0. The molecule has 3 N–H and O–H groups in total. The van der Waals surface area contributed by atoms with Gasteiger partial charge in [-0.2, -0.15) is 0 Å². The molecule has 7 heteroatoms. The molecule has 0 saturated heterocycles. The van der Waals surface area contributed by atoms with E-state index in [9.17, 15) is 0 Å². The first kappa shape index (κ1) is 25.8. The van der Waals surface area contributed by atoms with E-state index in [2.05, 4.69) is 79.8 Å². The lowest BCUT2D eigenvalue weighted by Crippen LogP contribution is -2.31. The number of aromatic amines is 2. The van der Waals surface area contributed by atoms with Crippen LogP contribution in [-0.2, 0) is 32.6 Å². The molecule has 3 heterocycles. The molecule has 1 unspecified atom stereocenters. The first-order valence-corrected chi connectivity index (χ1v) is 13.1. The average Bonchev–Trinajstić information content (AvgIpc) is 3.54. The van der Waals surface area contributed by atoms with Gasteiger partial charge in [-0.1, -0.05) is 49.9 Å². The van der Waals surface area contributed by atoms with Crippen molar-refractivity contribution in [2.45, 2.75) is 65.8 Å². The molecule has 38 heavy (non-hydrogen) atoms. The van der Waals surface area contributed by atoms with Crippen LogP contribution >= 0.6 is 0 Å². The highest BCUT2D eigenvalue weighted by atomic mass is 15.2. The fourth-order valence-electron chi connectivity index (χ4n) is 5.39. The minimum atomic E-state index is 0. The van der Waals surface area contributed by atoms with Gasteiger partial charge in [0.15, 0.2) is 0 Å². The van der Waals surface area contributed by atoms with Gasteiger partial charge in [-0.05, 0) is 61.1 Å². The Balaban J connectivity index is 0.00000294. The fourth-order valence-corrected chi connectivity index (χ4v) is 5.39. The fraction of sp³-hybridized carbons (Fsp3) is 0.323. The predicted octanol–water partition coefficient (Wildman–Crippen LogP) is 6.00. The molecule has 5 aromatic rings. The maximum absolute atomic E-state index is 4.89. The van der Waals surface area contributed by atoms with Crippen LogP contribution < -0.4 is 5.32 Å². The average molecular weight is 508 g/mol. The second-order valence-corrected chi connectivity index (χ2v) is 9.98. The summed E-state index contributed by atoms with van der Waals surface area (Å²) in [6, 6.07) is 21.8. The summed E-state index contributed by atoms with van der Waals surface area (Å²) < 4.78 is 0. The number of H-pyrrole nitrogens is 2. The Hall–Kier alpha value is -3.81. The molecular formula is C31H37N7. The van der Waals surface area contributed by atoms with E-state index in [1.54, 1.807) is 0 Å². The number of hydrogen-bond donors (Lipinski definition) is 3. The van der Waals surface area contributed by atoms with Gasteiger partial charge >= 0.3 is 0 Å². The van der Waals surface area contributed by atoms with Crippen LogP contribution in [-0.4, -0.2) is 29.8 Å². The SMILES string of the molecule is C.Cc1ncc(CNCc2ccc(CN(Cc3nc4ccccc4[nH]3)C3CCCc4cccnc43)cc2)[nH]1. The molecule has 2 aromatic carbocycles. The molecule has 6 rings (SSSR count). The molecule has 0 bridgehead atoms. The lowest BCUT2D eigenvalue weighted by atomic mass is 9.90. The Bertz CT molecular complexity index is 1430. The highest BCUT2D eigenvalue weighted by Gasteiger charge is 2.28. The van der Waals surface area contributed by atoms with E-state index in [0.717, 1.165) is 67.4 Å². The summed E-state index contributed by atoms with van der Waals surface area (Å²) in [6.07, 6.45) is 7.22. The summed E-state index contributed by atoms with van der Waals surface area (Å²) in [5, 5.41) is 3.50. The molecule has 0 saturated carbocycles. The Morgan fingerprint density at radius 2 is 1.76 bits per heavy atom. The molecule has 1 aliphatic carbocycles. The Morgan fingerprint density at radius 3 is 2.58 bits per heavy atom. The standard InChI is InChI=1S/C30H33N7.CH4/c1-21-33-18-25(34-21)17-31-16-22-11-13-23(14-12-22)19-37(20-29-35-26-8-2-3-9-27(26)36-29)28-10-4-6-24-7-5-15-32-30(24)28;/h2-3,5,7-9,11-15,18,28,31H,4,6,10,16-17,19-20H2,1H3,(H,33,34)(H,35,36);1H4. The van der Waals surface area contributed by atoms with Crippen LogP contribution in [0.2, 0.25) is 0 Å². The van der Waals surface area contributed by atoms with E-state index in [-0.39, 0.29) is 13.5 Å². The van der Waals surface area contributed by atoms with Crippen molar-refractivity contribution in [2.24, 2.45) is 0 Å². The Kier molecular flexibility index (Phi) is 7.96. The predicted molar refractivity (Wildman–Crippen MR) is 152 cm³/mol. The monoisotopic (exact) mass is 507 g/mol. The number of fused-ring (bicyclic) bond motifs is 2. The zero-order valence-electron chi connectivity index (χ0n) is 21.2. The molecule has 1 aliphatic rings. The van der Waals surface area contributed by atoms with Gasteiger partial charge in [-0.15, -0.1) is 0 Å². The summed E-state index contributed by atoms with van der Waals surface area (Å²) >= 11 is 0. The van der Waals surface area contributed by atoms with E-state index in [4.69, 9.17) is 9.97 Å². The van der Waals surface area contributed by atoms with Gasteiger partial charge in [-0.25, -0.2) is 9.97 Å². The van der Waals surface area contributed by atoms with E-state index in [0.29, 0.717) is 0 Å². The minimum Gasteiger partial charge on any atom is -0.345 e. The third-order valence-corrected chi connectivity index (χ3v) is 7.21. The van der Waals surface area contributed by atoms with Gasteiger partial charge in [0.05, 0.1) is 29.3 Å². The van der Waals surface area contributed by atoms with E-state index < -0.39 is 0 Å². The van der Waals surface area contributed by atoms with Crippen molar-refractivity contribution in [1.29, 1.82) is 0 Å². The summed E-state index contributed by atoms with van der Waals surface area (Å²) in [4.78, 5) is 23.3. The van der Waals surface area contributed by atoms with Crippen LogP contribution in [0.3, 0.4) is 0 Å². The van der Waals surface area contributed by atoms with Crippen molar-refractivity contribution >= 4 is 11.0 Å². The molecule has 196 valence electrons. The highest BCUT2D eigenvalue weighted by Crippen LogP contribution is 2.34. The number of pyridine rings is 1. The number of imidazole rings is 2. The van der Waals surface area contributed by atoms with Gasteiger partial charge in [0.2, 0.25) is 0 Å². The third kappa shape index (κ3) is 5.85. The molecule has 7 nitrogen and oxygen atoms in total. The maximum atomic E-state index is 4.89. The van der Waals surface area contributed by atoms with E-state index in [1.165, 1.54) is 28.8 Å². The zero-order valence-corrected chi connectivity index (χ0v) is 21.2. The summed E-state index contributed by atoms with van der Waals surface area (Å²) in [5.74, 6) is 1.95. The van der Waals surface area contributed by atoms with Crippen LogP contribution in [0.4, 0.5) is 0 Å². The first-order chi connectivity index (χ1) is 18.2. The van der Waals surface area contributed by atoms with E-state index in [1.807, 2.05) is 25.4 Å². The molecule has 0 aliphatic heterocycles. The lowest BCUT2D eigenvalue weighted by molar-refractivity contribution is 0.153. The van der Waals surface area contributed by atoms with Crippen LogP contribution in [0.1, 0.15) is 66.0 Å². The molecule has 0 amide bonds. The van der Waals surface area contributed by atoms with Crippen molar-refractivity contribution in [3.8, 4) is 0 Å². The number of nitrogens with one attached hydrogen (secondary N) is 3. The van der Waals surface area contributed by atoms with Crippen LogP contribution in [0, 0.1) is 6.92 Å². The Labute approximate surface area is 224 Å². The van der Waals surface area contributed by atoms with Gasteiger partial charge in [-0.3, -0.25) is 9.88 Å². The topological polar surface area (TPSA) is 85.5 Å². The molecule has 0 radical (unpaired) electrons. The zero-order chi connectivity index (χ0) is 25.0. The number of rotatable bonds is 9.